The van der Waals surface area contributed by atoms with E-state index < -0.39 is 0 Å². The minimum atomic E-state index is 0.0219. The molecule has 0 bridgehead atoms. The van der Waals surface area contributed by atoms with Gasteiger partial charge in [0.2, 0.25) is 5.91 Å². The number of amides is 1. The van der Waals surface area contributed by atoms with E-state index >= 15 is 0 Å². The van der Waals surface area contributed by atoms with Crippen LogP contribution in [-0.4, -0.2) is 59.0 Å². The van der Waals surface area contributed by atoms with Crippen molar-refractivity contribution < 1.29 is 4.79 Å². The number of aryl methyl sites for hydroxylation is 1. The number of likely N-dealkylation sites (N-methyl/N-ethyl adjacent to an activating group) is 1. The van der Waals surface area contributed by atoms with Gasteiger partial charge in [-0.25, -0.2) is 9.97 Å². The summed E-state index contributed by atoms with van der Waals surface area (Å²) in [5, 5.41) is 3.03. The highest BCUT2D eigenvalue weighted by Crippen LogP contribution is 2.18. The van der Waals surface area contributed by atoms with Crippen molar-refractivity contribution in [2.75, 3.05) is 38.1 Å². The minimum absolute atomic E-state index is 0.0219. The predicted molar refractivity (Wildman–Crippen MR) is 110 cm³/mol. The molecule has 7 nitrogen and oxygen atoms in total. The van der Waals surface area contributed by atoms with Crippen molar-refractivity contribution in [3.8, 4) is 0 Å². The Morgan fingerprint density at radius 3 is 2.79 bits per heavy atom. The fraction of sp³-hybridized carbons (Fsp3) is 0.381. The van der Waals surface area contributed by atoms with Crippen LogP contribution < -0.4 is 10.2 Å². The van der Waals surface area contributed by atoms with Gasteiger partial charge in [-0.2, -0.15) is 0 Å². The highest BCUT2D eigenvalue weighted by Gasteiger charge is 2.18. The quantitative estimate of drug-likeness (QED) is 0.686. The Morgan fingerprint density at radius 2 is 1.96 bits per heavy atom. The molecule has 0 spiro atoms. The fourth-order valence-electron chi connectivity index (χ4n) is 3.51. The van der Waals surface area contributed by atoms with Crippen LogP contribution in [0.2, 0.25) is 0 Å². The Bertz CT molecular complexity index is 912. The number of imidazole rings is 1. The maximum atomic E-state index is 12.3. The smallest absolute Gasteiger partial charge is 0.220 e. The molecule has 2 N–H and O–H groups in total. The average Bonchev–Trinajstić information content (AvgIpc) is 3.15. The van der Waals surface area contributed by atoms with Crippen molar-refractivity contribution in [3.05, 3.63) is 54.0 Å². The SMILES string of the molecule is CN1CCN(c2ncccc2CNC(=O)CCc2nc3ccccc3[nH]2)CC1. The summed E-state index contributed by atoms with van der Waals surface area (Å²) in [6.45, 7) is 4.47. The summed E-state index contributed by atoms with van der Waals surface area (Å²) in [5.41, 5.74) is 3.00. The molecule has 1 fully saturated rings. The highest BCUT2D eigenvalue weighted by atomic mass is 16.1. The van der Waals surface area contributed by atoms with Gasteiger partial charge in [-0.1, -0.05) is 18.2 Å². The lowest BCUT2D eigenvalue weighted by molar-refractivity contribution is -0.121. The maximum absolute atomic E-state index is 12.3. The first-order valence-electron chi connectivity index (χ1n) is 9.77. The van der Waals surface area contributed by atoms with Gasteiger partial charge in [0.05, 0.1) is 11.0 Å². The van der Waals surface area contributed by atoms with E-state index in [1.54, 1.807) is 0 Å². The molecular formula is C21H26N6O. The van der Waals surface area contributed by atoms with Crippen LogP contribution in [0.1, 0.15) is 17.8 Å². The molecule has 0 radical (unpaired) electrons. The predicted octanol–water partition coefficient (Wildman–Crippen LogP) is 1.96. The van der Waals surface area contributed by atoms with Crippen LogP contribution in [0, 0.1) is 0 Å². The van der Waals surface area contributed by atoms with Crippen LogP contribution in [0.4, 0.5) is 5.82 Å². The van der Waals surface area contributed by atoms with Crippen LogP contribution in [0.5, 0.6) is 0 Å². The second-order valence-corrected chi connectivity index (χ2v) is 7.25. The van der Waals surface area contributed by atoms with Gasteiger partial charge in [0.1, 0.15) is 11.6 Å². The number of carbonyl (C=O) groups excluding carboxylic acids is 1. The number of aromatic nitrogens is 3. The van der Waals surface area contributed by atoms with Gasteiger partial charge in [-0.3, -0.25) is 4.79 Å². The molecule has 7 heteroatoms. The van der Waals surface area contributed by atoms with E-state index in [0.29, 0.717) is 19.4 Å². The number of anilines is 1. The summed E-state index contributed by atoms with van der Waals surface area (Å²) >= 11 is 0. The van der Waals surface area contributed by atoms with Gasteiger partial charge >= 0.3 is 0 Å². The number of rotatable bonds is 6. The average molecular weight is 378 g/mol. The minimum Gasteiger partial charge on any atom is -0.354 e. The number of nitrogens with zero attached hydrogens (tertiary/aromatic N) is 4. The summed E-state index contributed by atoms with van der Waals surface area (Å²) in [6.07, 6.45) is 2.82. The topological polar surface area (TPSA) is 77.2 Å². The van der Waals surface area contributed by atoms with E-state index in [-0.39, 0.29) is 5.91 Å². The Labute approximate surface area is 164 Å². The van der Waals surface area contributed by atoms with Gasteiger partial charge < -0.3 is 20.1 Å². The van der Waals surface area contributed by atoms with E-state index in [4.69, 9.17) is 0 Å². The van der Waals surface area contributed by atoms with Crippen LogP contribution in [0.3, 0.4) is 0 Å². The first-order valence-corrected chi connectivity index (χ1v) is 9.77. The van der Waals surface area contributed by atoms with Crippen molar-refractivity contribution in [1.82, 2.24) is 25.2 Å². The van der Waals surface area contributed by atoms with E-state index in [1.165, 1.54) is 0 Å². The molecule has 1 saturated heterocycles. The Morgan fingerprint density at radius 1 is 1.14 bits per heavy atom. The first kappa shape index (κ1) is 18.4. The number of para-hydroxylation sites is 2. The standard InChI is InChI=1S/C21H26N6O/c1-26-11-13-27(14-12-26)21-16(5-4-10-22-21)15-23-20(28)9-8-19-24-17-6-2-3-7-18(17)25-19/h2-7,10H,8-9,11-15H2,1H3,(H,23,28)(H,24,25). The van der Waals surface area contributed by atoms with Crippen molar-refractivity contribution >= 4 is 22.8 Å². The third-order valence-corrected chi connectivity index (χ3v) is 5.17. The number of hydrogen-bond acceptors (Lipinski definition) is 5. The number of fused-ring (bicyclic) bond motifs is 1. The number of H-pyrrole nitrogens is 1. The maximum Gasteiger partial charge on any atom is 0.220 e. The molecule has 0 aliphatic carbocycles. The van der Waals surface area contributed by atoms with Crippen molar-refractivity contribution in [2.24, 2.45) is 0 Å². The number of nitrogens with one attached hydrogen (secondary N) is 2. The van der Waals surface area contributed by atoms with Gasteiger partial charge in [0.25, 0.3) is 0 Å². The van der Waals surface area contributed by atoms with E-state index in [2.05, 4.69) is 37.1 Å². The second kappa shape index (κ2) is 8.39. The molecule has 1 aliphatic heterocycles. The summed E-state index contributed by atoms with van der Waals surface area (Å²) < 4.78 is 0. The van der Waals surface area contributed by atoms with Gasteiger partial charge in [0, 0.05) is 57.3 Å². The molecule has 1 amide bonds. The van der Waals surface area contributed by atoms with Crippen LogP contribution >= 0.6 is 0 Å². The molecular weight excluding hydrogens is 352 g/mol. The summed E-state index contributed by atoms with van der Waals surface area (Å²) in [7, 11) is 2.14. The first-order chi connectivity index (χ1) is 13.7. The summed E-state index contributed by atoms with van der Waals surface area (Å²) in [4.78, 5) is 29.3. The number of benzene rings is 1. The third-order valence-electron chi connectivity index (χ3n) is 5.17. The molecule has 1 aromatic carbocycles. The van der Waals surface area contributed by atoms with E-state index in [0.717, 1.165) is 54.4 Å². The number of carbonyl (C=O) groups is 1. The monoisotopic (exact) mass is 378 g/mol. The molecule has 28 heavy (non-hydrogen) atoms. The molecule has 4 rings (SSSR count). The molecule has 3 aromatic rings. The lowest BCUT2D eigenvalue weighted by Crippen LogP contribution is -2.45. The molecule has 3 heterocycles. The molecule has 0 saturated carbocycles. The zero-order valence-electron chi connectivity index (χ0n) is 16.2. The summed E-state index contributed by atoms with van der Waals surface area (Å²) in [5.74, 6) is 1.85. The largest absolute Gasteiger partial charge is 0.354 e. The Kier molecular flexibility index (Phi) is 5.53. The normalized spacial score (nSPS) is 15.1. The second-order valence-electron chi connectivity index (χ2n) is 7.25. The zero-order valence-corrected chi connectivity index (χ0v) is 16.2. The van der Waals surface area contributed by atoms with Crippen molar-refractivity contribution in [1.29, 1.82) is 0 Å². The molecule has 1 aliphatic rings. The molecule has 0 unspecified atom stereocenters. The van der Waals surface area contributed by atoms with Gasteiger partial charge in [-0.15, -0.1) is 0 Å². The fourth-order valence-corrected chi connectivity index (χ4v) is 3.51. The number of aromatic amines is 1. The number of pyridine rings is 1. The van der Waals surface area contributed by atoms with Gasteiger partial charge in [-0.05, 0) is 25.2 Å². The molecule has 146 valence electrons. The lowest BCUT2D eigenvalue weighted by atomic mass is 10.2. The van der Waals surface area contributed by atoms with E-state index in [1.807, 2.05) is 42.6 Å². The Hall–Kier alpha value is -2.93. The number of piperazine rings is 1. The molecule has 2 aromatic heterocycles. The van der Waals surface area contributed by atoms with Crippen LogP contribution in [0.15, 0.2) is 42.6 Å². The van der Waals surface area contributed by atoms with Crippen LogP contribution in [0.25, 0.3) is 11.0 Å². The van der Waals surface area contributed by atoms with Crippen molar-refractivity contribution in [3.63, 3.8) is 0 Å². The summed E-state index contributed by atoms with van der Waals surface area (Å²) in [6, 6.07) is 11.9. The highest BCUT2D eigenvalue weighted by molar-refractivity contribution is 5.77. The molecule has 0 atom stereocenters. The third kappa shape index (κ3) is 4.31. The number of hydrogen-bond donors (Lipinski definition) is 2. The van der Waals surface area contributed by atoms with Gasteiger partial charge in [0.15, 0.2) is 0 Å². The van der Waals surface area contributed by atoms with E-state index in [9.17, 15) is 4.79 Å². The Balaban J connectivity index is 1.32. The lowest BCUT2D eigenvalue weighted by Gasteiger charge is -2.34. The zero-order chi connectivity index (χ0) is 19.3. The van der Waals surface area contributed by atoms with Crippen molar-refractivity contribution in [2.45, 2.75) is 19.4 Å². The van der Waals surface area contributed by atoms with Crippen LogP contribution in [-0.2, 0) is 17.8 Å².